The molecule has 2 N–H and O–H groups in total. The largest absolute Gasteiger partial charge is 0.393 e. The zero-order chi connectivity index (χ0) is 7.56. The molecule has 0 aromatic carbocycles. The standard InChI is InChI=1S/C8H16O2/c1-6(9)7-4-2-3-5-8(7)10/h6-10H,2-5H2,1H3. The molecule has 1 aliphatic rings. The molecule has 0 heterocycles. The predicted molar refractivity (Wildman–Crippen MR) is 39.6 cm³/mol. The molecule has 0 saturated heterocycles. The Morgan fingerprint density at radius 2 is 1.90 bits per heavy atom. The Morgan fingerprint density at radius 1 is 1.30 bits per heavy atom. The fraction of sp³-hybridized carbons (Fsp3) is 1.00. The van der Waals surface area contributed by atoms with E-state index in [0.29, 0.717) is 0 Å². The molecule has 1 saturated carbocycles. The smallest absolute Gasteiger partial charge is 0.0593 e. The van der Waals surface area contributed by atoms with Crippen LogP contribution in [0.5, 0.6) is 0 Å². The Morgan fingerprint density at radius 3 is 2.30 bits per heavy atom. The minimum atomic E-state index is -0.338. The normalized spacial score (nSPS) is 37.5. The second kappa shape index (κ2) is 3.35. The molecule has 2 heteroatoms. The molecular formula is C8H16O2. The minimum Gasteiger partial charge on any atom is -0.393 e. The summed E-state index contributed by atoms with van der Waals surface area (Å²) in [6.07, 6.45) is 3.54. The van der Waals surface area contributed by atoms with Crippen LogP contribution in [0.15, 0.2) is 0 Å². The van der Waals surface area contributed by atoms with Gasteiger partial charge in [-0.1, -0.05) is 12.8 Å². The van der Waals surface area contributed by atoms with Gasteiger partial charge in [-0.3, -0.25) is 0 Å². The zero-order valence-electron chi connectivity index (χ0n) is 6.45. The lowest BCUT2D eigenvalue weighted by Crippen LogP contribution is -2.32. The van der Waals surface area contributed by atoms with E-state index in [4.69, 9.17) is 0 Å². The fourth-order valence-electron chi connectivity index (χ4n) is 1.70. The molecule has 0 bridgehead atoms. The van der Waals surface area contributed by atoms with E-state index in [1.807, 2.05) is 0 Å². The van der Waals surface area contributed by atoms with Gasteiger partial charge >= 0.3 is 0 Å². The number of hydrogen-bond acceptors (Lipinski definition) is 2. The average molecular weight is 144 g/mol. The summed E-state index contributed by atoms with van der Waals surface area (Å²) in [5, 5.41) is 18.6. The van der Waals surface area contributed by atoms with Gasteiger partial charge < -0.3 is 10.2 Å². The predicted octanol–water partition coefficient (Wildman–Crippen LogP) is 0.918. The topological polar surface area (TPSA) is 40.5 Å². The van der Waals surface area contributed by atoms with E-state index in [1.165, 1.54) is 0 Å². The van der Waals surface area contributed by atoms with Crippen molar-refractivity contribution in [1.82, 2.24) is 0 Å². The maximum atomic E-state index is 9.38. The summed E-state index contributed by atoms with van der Waals surface area (Å²) in [5.74, 6) is 0.133. The average Bonchev–Trinajstić information content (AvgIpc) is 1.88. The van der Waals surface area contributed by atoms with Crippen LogP contribution in [0.2, 0.25) is 0 Å². The quantitative estimate of drug-likeness (QED) is 0.574. The van der Waals surface area contributed by atoms with Gasteiger partial charge in [-0.25, -0.2) is 0 Å². The molecule has 3 unspecified atom stereocenters. The van der Waals surface area contributed by atoms with E-state index in [2.05, 4.69) is 0 Å². The van der Waals surface area contributed by atoms with Crippen molar-refractivity contribution in [2.45, 2.75) is 44.8 Å². The van der Waals surface area contributed by atoms with E-state index >= 15 is 0 Å². The van der Waals surface area contributed by atoms with Crippen molar-refractivity contribution in [3.05, 3.63) is 0 Å². The highest BCUT2D eigenvalue weighted by Crippen LogP contribution is 2.26. The third-order valence-corrected chi connectivity index (χ3v) is 2.40. The molecule has 0 aliphatic heterocycles. The van der Waals surface area contributed by atoms with Gasteiger partial charge in [0.05, 0.1) is 12.2 Å². The molecule has 60 valence electrons. The third-order valence-electron chi connectivity index (χ3n) is 2.40. The number of rotatable bonds is 1. The van der Waals surface area contributed by atoms with Crippen LogP contribution in [0.25, 0.3) is 0 Å². The van der Waals surface area contributed by atoms with Crippen molar-refractivity contribution in [2.24, 2.45) is 5.92 Å². The Labute approximate surface area is 61.9 Å². The van der Waals surface area contributed by atoms with Crippen LogP contribution < -0.4 is 0 Å². The second-order valence-corrected chi connectivity index (χ2v) is 3.26. The first kappa shape index (κ1) is 8.02. The highest BCUT2D eigenvalue weighted by atomic mass is 16.3. The SMILES string of the molecule is CC(O)C1CCCCC1O. The third kappa shape index (κ3) is 1.70. The molecule has 0 aromatic heterocycles. The van der Waals surface area contributed by atoms with Gasteiger partial charge in [0.25, 0.3) is 0 Å². The molecule has 3 atom stereocenters. The first-order valence-electron chi connectivity index (χ1n) is 4.08. The van der Waals surface area contributed by atoms with Gasteiger partial charge in [-0.05, 0) is 19.8 Å². The van der Waals surface area contributed by atoms with Crippen LogP contribution in [0, 0.1) is 5.92 Å². The van der Waals surface area contributed by atoms with Crippen molar-refractivity contribution in [3.63, 3.8) is 0 Å². The van der Waals surface area contributed by atoms with Gasteiger partial charge in [0.2, 0.25) is 0 Å². The van der Waals surface area contributed by atoms with Gasteiger partial charge in [-0.15, -0.1) is 0 Å². The summed E-state index contributed by atoms with van der Waals surface area (Å²) in [6, 6.07) is 0. The van der Waals surface area contributed by atoms with E-state index in [1.54, 1.807) is 6.92 Å². The summed E-state index contributed by atoms with van der Waals surface area (Å²) in [7, 11) is 0. The van der Waals surface area contributed by atoms with E-state index in [9.17, 15) is 10.2 Å². The van der Waals surface area contributed by atoms with Crippen molar-refractivity contribution in [2.75, 3.05) is 0 Å². The highest BCUT2D eigenvalue weighted by molar-refractivity contribution is 4.77. The molecule has 2 nitrogen and oxygen atoms in total. The number of aliphatic hydroxyl groups excluding tert-OH is 2. The van der Waals surface area contributed by atoms with Gasteiger partial charge in [0.1, 0.15) is 0 Å². The summed E-state index contributed by atoms with van der Waals surface area (Å²) >= 11 is 0. The Hall–Kier alpha value is -0.0800. The van der Waals surface area contributed by atoms with E-state index < -0.39 is 0 Å². The van der Waals surface area contributed by atoms with Crippen LogP contribution >= 0.6 is 0 Å². The van der Waals surface area contributed by atoms with E-state index in [0.717, 1.165) is 25.7 Å². The molecule has 0 amide bonds. The van der Waals surface area contributed by atoms with Crippen LogP contribution in [0.3, 0.4) is 0 Å². The summed E-state index contributed by atoms with van der Waals surface area (Å²) in [4.78, 5) is 0. The van der Waals surface area contributed by atoms with Crippen LogP contribution in [0.1, 0.15) is 32.6 Å². The second-order valence-electron chi connectivity index (χ2n) is 3.26. The van der Waals surface area contributed by atoms with Crippen molar-refractivity contribution in [3.8, 4) is 0 Å². The lowest BCUT2D eigenvalue weighted by atomic mass is 9.83. The highest BCUT2D eigenvalue weighted by Gasteiger charge is 2.26. The van der Waals surface area contributed by atoms with Gasteiger partial charge in [0, 0.05) is 5.92 Å². The maximum absolute atomic E-state index is 9.38. The molecule has 1 fully saturated rings. The first-order valence-corrected chi connectivity index (χ1v) is 4.08. The summed E-state index contributed by atoms with van der Waals surface area (Å²) < 4.78 is 0. The first-order chi connectivity index (χ1) is 4.72. The Balaban J connectivity index is 2.40. The van der Waals surface area contributed by atoms with Crippen LogP contribution in [0.4, 0.5) is 0 Å². The zero-order valence-corrected chi connectivity index (χ0v) is 6.45. The molecular weight excluding hydrogens is 128 g/mol. The van der Waals surface area contributed by atoms with Crippen molar-refractivity contribution < 1.29 is 10.2 Å². The minimum absolute atomic E-state index is 0.133. The van der Waals surface area contributed by atoms with Gasteiger partial charge in [0.15, 0.2) is 0 Å². The number of hydrogen-bond donors (Lipinski definition) is 2. The molecule has 0 radical (unpaired) electrons. The van der Waals surface area contributed by atoms with Crippen molar-refractivity contribution in [1.29, 1.82) is 0 Å². The molecule has 0 aromatic rings. The fourth-order valence-corrected chi connectivity index (χ4v) is 1.70. The molecule has 10 heavy (non-hydrogen) atoms. The Kier molecular flexibility index (Phi) is 2.69. The summed E-state index contributed by atoms with van der Waals surface area (Å²) in [5.41, 5.74) is 0. The van der Waals surface area contributed by atoms with E-state index in [-0.39, 0.29) is 18.1 Å². The Bertz CT molecular complexity index is 101. The lowest BCUT2D eigenvalue weighted by Gasteiger charge is -2.29. The monoisotopic (exact) mass is 144 g/mol. The molecule has 0 spiro atoms. The summed E-state index contributed by atoms with van der Waals surface area (Å²) in [6.45, 7) is 1.76. The van der Waals surface area contributed by atoms with Crippen molar-refractivity contribution >= 4 is 0 Å². The molecule has 1 rings (SSSR count). The number of aliphatic hydroxyl groups is 2. The maximum Gasteiger partial charge on any atom is 0.0593 e. The lowest BCUT2D eigenvalue weighted by molar-refractivity contribution is -0.00384. The molecule has 1 aliphatic carbocycles. The van der Waals surface area contributed by atoms with Crippen LogP contribution in [-0.2, 0) is 0 Å². The van der Waals surface area contributed by atoms with Crippen LogP contribution in [-0.4, -0.2) is 22.4 Å². The van der Waals surface area contributed by atoms with Gasteiger partial charge in [-0.2, -0.15) is 0 Å².